The summed E-state index contributed by atoms with van der Waals surface area (Å²) >= 11 is 11.6. The van der Waals surface area contributed by atoms with Crippen LogP contribution in [-0.2, 0) is 0 Å². The van der Waals surface area contributed by atoms with Gasteiger partial charge in [-0.15, -0.1) is 22.9 Å². The van der Waals surface area contributed by atoms with Crippen molar-refractivity contribution in [2.45, 2.75) is 25.6 Å². The Morgan fingerprint density at radius 1 is 1.62 bits per heavy atom. The van der Waals surface area contributed by atoms with Gasteiger partial charge in [-0.2, -0.15) is 0 Å². The van der Waals surface area contributed by atoms with Gasteiger partial charge in [-0.25, -0.2) is 0 Å². The van der Waals surface area contributed by atoms with E-state index in [-0.39, 0.29) is 5.38 Å². The maximum Gasteiger partial charge on any atom is 0.0712 e. The van der Waals surface area contributed by atoms with Gasteiger partial charge in [0.25, 0.3) is 0 Å². The van der Waals surface area contributed by atoms with Crippen LogP contribution in [0.15, 0.2) is 15.9 Å². The van der Waals surface area contributed by atoms with E-state index in [1.165, 1.54) is 15.1 Å². The number of halogens is 2. The van der Waals surface area contributed by atoms with E-state index in [9.17, 15) is 0 Å². The lowest BCUT2D eigenvalue weighted by atomic mass is 10.1. The van der Waals surface area contributed by atoms with Gasteiger partial charge in [0.2, 0.25) is 0 Å². The molecule has 72 valence electrons. The minimum Gasteiger partial charge on any atom is -0.132 e. The Kier molecular flexibility index (Phi) is 2.50. The van der Waals surface area contributed by atoms with E-state index in [1.54, 1.807) is 11.3 Å². The largest absolute Gasteiger partial charge is 0.132 e. The second-order valence-electron chi connectivity index (χ2n) is 4.34. The molecule has 0 saturated heterocycles. The highest BCUT2D eigenvalue weighted by atomic mass is 79.9. The van der Waals surface area contributed by atoms with Gasteiger partial charge in [-0.1, -0.05) is 13.8 Å². The van der Waals surface area contributed by atoms with E-state index < -0.39 is 0 Å². The average molecular weight is 280 g/mol. The highest BCUT2D eigenvalue weighted by Crippen LogP contribution is 2.60. The molecule has 13 heavy (non-hydrogen) atoms. The Balaban J connectivity index is 2.11. The van der Waals surface area contributed by atoms with Crippen molar-refractivity contribution in [3.05, 3.63) is 20.8 Å². The maximum atomic E-state index is 6.39. The fraction of sp³-hybridized carbons (Fsp3) is 0.600. The van der Waals surface area contributed by atoms with Gasteiger partial charge < -0.3 is 0 Å². The molecule has 0 bridgehead atoms. The molecule has 2 atom stereocenters. The molecule has 2 rings (SSSR count). The van der Waals surface area contributed by atoms with E-state index in [0.29, 0.717) is 11.3 Å². The molecule has 1 heterocycles. The third-order valence-electron chi connectivity index (χ3n) is 2.81. The molecule has 1 aliphatic rings. The number of alkyl halides is 1. The van der Waals surface area contributed by atoms with Gasteiger partial charge in [-0.3, -0.25) is 0 Å². The lowest BCUT2D eigenvalue weighted by molar-refractivity contribution is 0.551. The quantitative estimate of drug-likeness (QED) is 0.680. The van der Waals surface area contributed by atoms with Gasteiger partial charge in [-0.05, 0) is 45.8 Å². The van der Waals surface area contributed by atoms with Gasteiger partial charge in [0, 0.05) is 4.88 Å². The summed E-state index contributed by atoms with van der Waals surface area (Å²) in [6.45, 7) is 4.57. The van der Waals surface area contributed by atoms with Crippen molar-refractivity contribution in [1.82, 2.24) is 0 Å². The molecule has 2 unspecified atom stereocenters. The Bertz CT molecular complexity index is 318. The van der Waals surface area contributed by atoms with E-state index in [1.807, 2.05) is 0 Å². The molecule has 3 heteroatoms. The Morgan fingerprint density at radius 2 is 2.23 bits per heavy atom. The smallest absolute Gasteiger partial charge is 0.0712 e. The molecular formula is C10H12BrClS. The monoisotopic (exact) mass is 278 g/mol. The number of hydrogen-bond donors (Lipinski definition) is 0. The van der Waals surface area contributed by atoms with Crippen LogP contribution in [0.25, 0.3) is 0 Å². The SMILES string of the molecule is CC1(C)CC1C(Cl)c1ccc(Br)s1. The summed E-state index contributed by atoms with van der Waals surface area (Å²) in [7, 11) is 0. The number of rotatable bonds is 2. The summed E-state index contributed by atoms with van der Waals surface area (Å²) in [6, 6.07) is 4.20. The number of hydrogen-bond acceptors (Lipinski definition) is 1. The number of thiophene rings is 1. The summed E-state index contributed by atoms with van der Waals surface area (Å²) in [5, 5.41) is 0.214. The van der Waals surface area contributed by atoms with Crippen LogP contribution in [0.2, 0.25) is 0 Å². The zero-order valence-electron chi connectivity index (χ0n) is 7.68. The summed E-state index contributed by atoms with van der Waals surface area (Å²) < 4.78 is 1.17. The molecule has 1 fully saturated rings. The topological polar surface area (TPSA) is 0 Å². The van der Waals surface area contributed by atoms with Crippen molar-refractivity contribution < 1.29 is 0 Å². The van der Waals surface area contributed by atoms with Crippen LogP contribution in [0.3, 0.4) is 0 Å². The molecular weight excluding hydrogens is 268 g/mol. The first kappa shape index (κ1) is 10.0. The minimum atomic E-state index is 0.214. The lowest BCUT2D eigenvalue weighted by Crippen LogP contribution is -1.96. The van der Waals surface area contributed by atoms with Crippen molar-refractivity contribution in [3.8, 4) is 0 Å². The summed E-state index contributed by atoms with van der Waals surface area (Å²) in [5.41, 5.74) is 0.461. The maximum absolute atomic E-state index is 6.39. The lowest BCUT2D eigenvalue weighted by Gasteiger charge is -2.08. The third kappa shape index (κ3) is 1.95. The molecule has 0 aromatic carbocycles. The van der Waals surface area contributed by atoms with Crippen molar-refractivity contribution in [1.29, 1.82) is 0 Å². The zero-order valence-corrected chi connectivity index (χ0v) is 10.8. The molecule has 0 aliphatic heterocycles. The second kappa shape index (κ2) is 3.25. The van der Waals surface area contributed by atoms with Gasteiger partial charge >= 0.3 is 0 Å². The van der Waals surface area contributed by atoms with Crippen molar-refractivity contribution >= 4 is 38.9 Å². The summed E-state index contributed by atoms with van der Waals surface area (Å²) in [6.07, 6.45) is 1.26. The fourth-order valence-electron chi connectivity index (χ4n) is 1.68. The first-order chi connectivity index (χ1) is 6.00. The van der Waals surface area contributed by atoms with Gasteiger partial charge in [0.15, 0.2) is 0 Å². The van der Waals surface area contributed by atoms with Crippen molar-refractivity contribution in [3.63, 3.8) is 0 Å². The van der Waals surface area contributed by atoms with E-state index >= 15 is 0 Å². The molecule has 1 aliphatic carbocycles. The zero-order chi connectivity index (χ0) is 9.64. The molecule has 1 saturated carbocycles. The van der Waals surface area contributed by atoms with Crippen LogP contribution in [0.4, 0.5) is 0 Å². The molecule has 1 aromatic heterocycles. The van der Waals surface area contributed by atoms with E-state index in [4.69, 9.17) is 11.6 Å². The van der Waals surface area contributed by atoms with Crippen LogP contribution >= 0.6 is 38.9 Å². The standard InChI is InChI=1S/C10H12BrClS/c1-10(2)5-6(10)9(12)7-3-4-8(11)13-7/h3-4,6,9H,5H2,1-2H3. The van der Waals surface area contributed by atoms with Crippen LogP contribution in [0, 0.1) is 11.3 Å². The highest BCUT2D eigenvalue weighted by molar-refractivity contribution is 9.11. The van der Waals surface area contributed by atoms with Gasteiger partial charge in [0.05, 0.1) is 9.16 Å². The Hall–Kier alpha value is 0.470. The molecule has 0 N–H and O–H groups in total. The first-order valence-electron chi connectivity index (χ1n) is 4.40. The predicted octanol–water partition coefficient (Wildman–Crippen LogP) is 4.84. The predicted molar refractivity (Wildman–Crippen MR) is 62.5 cm³/mol. The summed E-state index contributed by atoms with van der Waals surface area (Å²) in [5.74, 6) is 0.666. The second-order valence-corrected chi connectivity index (χ2v) is 7.31. The molecule has 1 aromatic rings. The average Bonchev–Trinajstić information content (AvgIpc) is 2.47. The summed E-state index contributed by atoms with van der Waals surface area (Å²) in [4.78, 5) is 1.30. The molecule has 0 nitrogen and oxygen atoms in total. The molecule has 0 amide bonds. The Morgan fingerprint density at radius 3 is 2.62 bits per heavy atom. The van der Waals surface area contributed by atoms with Gasteiger partial charge in [0.1, 0.15) is 0 Å². The third-order valence-corrected chi connectivity index (χ3v) is 5.18. The Labute approximate surface area is 96.4 Å². The molecule has 0 spiro atoms. The minimum absolute atomic E-state index is 0.214. The fourth-order valence-corrected chi connectivity index (χ4v) is 3.79. The van der Waals surface area contributed by atoms with E-state index in [2.05, 4.69) is 41.9 Å². The van der Waals surface area contributed by atoms with Crippen molar-refractivity contribution in [2.24, 2.45) is 11.3 Å². The van der Waals surface area contributed by atoms with Crippen LogP contribution in [0.1, 0.15) is 30.5 Å². The molecule has 0 radical (unpaired) electrons. The van der Waals surface area contributed by atoms with E-state index in [0.717, 1.165) is 0 Å². The van der Waals surface area contributed by atoms with Crippen LogP contribution in [-0.4, -0.2) is 0 Å². The highest BCUT2D eigenvalue weighted by Gasteiger charge is 2.50. The first-order valence-corrected chi connectivity index (χ1v) is 6.44. The van der Waals surface area contributed by atoms with Crippen LogP contribution in [0.5, 0.6) is 0 Å². The normalized spacial score (nSPS) is 27.2. The van der Waals surface area contributed by atoms with Crippen molar-refractivity contribution in [2.75, 3.05) is 0 Å². The van der Waals surface area contributed by atoms with Crippen LogP contribution < -0.4 is 0 Å².